The number of hydrogen-bond donors (Lipinski definition) is 2. The number of nitrogens with zero attached hydrogens (tertiary/aromatic N) is 2. The minimum Gasteiger partial charge on any atom is -0.409 e. The predicted octanol–water partition coefficient (Wildman–Crippen LogP) is 3.06. The first-order valence-electron chi connectivity index (χ1n) is 6.58. The zero-order valence-electron chi connectivity index (χ0n) is 11.3. The van der Waals surface area contributed by atoms with E-state index >= 15 is 0 Å². The van der Waals surface area contributed by atoms with Crippen LogP contribution < -0.4 is 10.6 Å². The Labute approximate surface area is 118 Å². The molecular formula is C14H20ClN3O. The van der Waals surface area contributed by atoms with Gasteiger partial charge in [0.2, 0.25) is 0 Å². The van der Waals surface area contributed by atoms with Gasteiger partial charge in [-0.3, -0.25) is 0 Å². The van der Waals surface area contributed by atoms with E-state index in [1.807, 2.05) is 18.2 Å². The average Bonchev–Trinajstić information content (AvgIpc) is 2.87. The topological polar surface area (TPSA) is 61.8 Å². The van der Waals surface area contributed by atoms with E-state index in [0.29, 0.717) is 22.5 Å². The van der Waals surface area contributed by atoms with Gasteiger partial charge in [-0.1, -0.05) is 30.6 Å². The van der Waals surface area contributed by atoms with Crippen LogP contribution in [0.5, 0.6) is 0 Å². The highest BCUT2D eigenvalue weighted by Crippen LogP contribution is 2.32. The maximum Gasteiger partial charge on any atom is 0.171 e. The lowest BCUT2D eigenvalue weighted by Gasteiger charge is -2.30. The van der Waals surface area contributed by atoms with Gasteiger partial charge in [0.1, 0.15) is 0 Å². The number of amidine groups is 1. The Kier molecular flexibility index (Phi) is 4.20. The standard InChI is InChI=1S/C14H20ClN3O/c1-9(2)13-4-3-7-18(13)10-5-6-11(12(15)8-10)14(16)17-19/h5-6,8-9,13,19H,3-4,7H2,1-2H3,(H2,16,17). The molecule has 3 N–H and O–H groups in total. The highest BCUT2D eigenvalue weighted by molar-refractivity contribution is 6.34. The zero-order chi connectivity index (χ0) is 14.0. The second-order valence-corrected chi connectivity index (χ2v) is 5.70. The van der Waals surface area contributed by atoms with Gasteiger partial charge in [0, 0.05) is 23.8 Å². The van der Waals surface area contributed by atoms with Crippen molar-refractivity contribution < 1.29 is 5.21 Å². The van der Waals surface area contributed by atoms with Crippen molar-refractivity contribution >= 4 is 23.1 Å². The molecule has 1 saturated heterocycles. The van der Waals surface area contributed by atoms with Crippen LogP contribution in [0.1, 0.15) is 32.3 Å². The summed E-state index contributed by atoms with van der Waals surface area (Å²) in [6.45, 7) is 5.55. The number of oxime groups is 1. The van der Waals surface area contributed by atoms with Gasteiger partial charge < -0.3 is 15.8 Å². The van der Waals surface area contributed by atoms with Gasteiger partial charge in [0.15, 0.2) is 5.84 Å². The van der Waals surface area contributed by atoms with E-state index in [0.717, 1.165) is 12.2 Å². The molecule has 1 aromatic carbocycles. The van der Waals surface area contributed by atoms with Gasteiger partial charge in [-0.05, 0) is 37.0 Å². The SMILES string of the molecule is CC(C)C1CCCN1c1ccc(C(N)=NO)c(Cl)c1. The third-order valence-electron chi connectivity index (χ3n) is 3.74. The highest BCUT2D eigenvalue weighted by Gasteiger charge is 2.27. The van der Waals surface area contributed by atoms with E-state index in [1.165, 1.54) is 12.8 Å². The first-order valence-corrected chi connectivity index (χ1v) is 6.96. The molecule has 1 aliphatic rings. The van der Waals surface area contributed by atoms with Crippen molar-refractivity contribution in [2.24, 2.45) is 16.8 Å². The fraction of sp³-hybridized carbons (Fsp3) is 0.500. The van der Waals surface area contributed by atoms with Crippen LogP contribution in [-0.2, 0) is 0 Å². The molecule has 0 saturated carbocycles. The third-order valence-corrected chi connectivity index (χ3v) is 4.05. The maximum atomic E-state index is 8.70. The zero-order valence-corrected chi connectivity index (χ0v) is 12.1. The van der Waals surface area contributed by atoms with Crippen LogP contribution in [0.3, 0.4) is 0 Å². The molecular weight excluding hydrogens is 262 g/mol. The Bertz CT molecular complexity index is 488. The summed E-state index contributed by atoms with van der Waals surface area (Å²) < 4.78 is 0. The van der Waals surface area contributed by atoms with Crippen molar-refractivity contribution in [1.29, 1.82) is 0 Å². The van der Waals surface area contributed by atoms with E-state index in [4.69, 9.17) is 22.5 Å². The van der Waals surface area contributed by atoms with E-state index in [-0.39, 0.29) is 5.84 Å². The molecule has 0 aliphatic carbocycles. The normalized spacial score (nSPS) is 20.3. The second kappa shape index (κ2) is 5.70. The van der Waals surface area contributed by atoms with Crippen LogP contribution in [0.4, 0.5) is 5.69 Å². The van der Waals surface area contributed by atoms with Crippen LogP contribution in [0.25, 0.3) is 0 Å². The van der Waals surface area contributed by atoms with Crippen molar-refractivity contribution in [2.75, 3.05) is 11.4 Å². The quantitative estimate of drug-likeness (QED) is 0.387. The Morgan fingerprint density at radius 1 is 1.53 bits per heavy atom. The van der Waals surface area contributed by atoms with E-state index in [1.54, 1.807) is 0 Å². The second-order valence-electron chi connectivity index (χ2n) is 5.30. The van der Waals surface area contributed by atoms with Gasteiger partial charge in [-0.2, -0.15) is 0 Å². The van der Waals surface area contributed by atoms with Gasteiger partial charge in [-0.15, -0.1) is 0 Å². The fourth-order valence-corrected chi connectivity index (χ4v) is 3.02. The molecule has 4 nitrogen and oxygen atoms in total. The molecule has 0 spiro atoms. The number of rotatable bonds is 3. The van der Waals surface area contributed by atoms with Gasteiger partial charge in [-0.25, -0.2) is 0 Å². The Morgan fingerprint density at radius 3 is 2.84 bits per heavy atom. The maximum absolute atomic E-state index is 8.70. The van der Waals surface area contributed by atoms with Crippen molar-refractivity contribution in [2.45, 2.75) is 32.7 Å². The molecule has 0 radical (unpaired) electrons. The minimum atomic E-state index is 0.0402. The smallest absolute Gasteiger partial charge is 0.171 e. The van der Waals surface area contributed by atoms with Crippen LogP contribution >= 0.6 is 11.6 Å². The minimum absolute atomic E-state index is 0.0402. The molecule has 5 heteroatoms. The number of nitrogens with two attached hydrogens (primary N) is 1. The molecule has 1 aromatic rings. The number of anilines is 1. The summed E-state index contributed by atoms with van der Waals surface area (Å²) in [5.41, 5.74) is 7.25. The van der Waals surface area contributed by atoms with Crippen LogP contribution in [-0.4, -0.2) is 23.6 Å². The van der Waals surface area contributed by atoms with Crippen molar-refractivity contribution in [1.82, 2.24) is 0 Å². The van der Waals surface area contributed by atoms with Crippen LogP contribution in [0.15, 0.2) is 23.4 Å². The molecule has 1 atom stereocenters. The summed E-state index contributed by atoms with van der Waals surface area (Å²) in [6.07, 6.45) is 2.43. The summed E-state index contributed by atoms with van der Waals surface area (Å²) in [6, 6.07) is 6.25. The molecule has 19 heavy (non-hydrogen) atoms. The Hall–Kier alpha value is -1.42. The van der Waals surface area contributed by atoms with Crippen LogP contribution in [0.2, 0.25) is 5.02 Å². The summed E-state index contributed by atoms with van der Waals surface area (Å²) in [5.74, 6) is 0.656. The molecule has 2 rings (SSSR count). The number of hydrogen-bond acceptors (Lipinski definition) is 3. The lowest BCUT2D eigenvalue weighted by atomic mass is 10.0. The summed E-state index contributed by atoms with van der Waals surface area (Å²) in [4.78, 5) is 2.40. The molecule has 104 valence electrons. The lowest BCUT2D eigenvalue weighted by molar-refractivity contribution is 0.318. The summed E-state index contributed by atoms with van der Waals surface area (Å²) in [7, 11) is 0. The molecule has 1 aliphatic heterocycles. The van der Waals surface area contributed by atoms with Gasteiger partial charge in [0.25, 0.3) is 0 Å². The molecule has 0 bridgehead atoms. The molecule has 1 fully saturated rings. The molecule has 0 amide bonds. The first kappa shape index (κ1) is 14.0. The number of benzene rings is 1. The Balaban J connectivity index is 2.29. The number of halogens is 1. The van der Waals surface area contributed by atoms with E-state index in [2.05, 4.69) is 23.9 Å². The molecule has 1 heterocycles. The summed E-state index contributed by atoms with van der Waals surface area (Å²) >= 11 is 6.21. The third kappa shape index (κ3) is 2.78. The lowest BCUT2D eigenvalue weighted by Crippen LogP contribution is -2.33. The molecule has 1 unspecified atom stereocenters. The van der Waals surface area contributed by atoms with Crippen molar-refractivity contribution in [3.05, 3.63) is 28.8 Å². The Morgan fingerprint density at radius 2 is 2.26 bits per heavy atom. The van der Waals surface area contributed by atoms with Crippen molar-refractivity contribution in [3.63, 3.8) is 0 Å². The summed E-state index contributed by atoms with van der Waals surface area (Å²) in [5, 5.41) is 12.2. The largest absolute Gasteiger partial charge is 0.409 e. The van der Waals surface area contributed by atoms with Gasteiger partial charge in [0.05, 0.1) is 5.02 Å². The highest BCUT2D eigenvalue weighted by atomic mass is 35.5. The van der Waals surface area contributed by atoms with Gasteiger partial charge >= 0.3 is 0 Å². The molecule has 0 aromatic heterocycles. The van der Waals surface area contributed by atoms with Crippen LogP contribution in [0, 0.1) is 5.92 Å². The fourth-order valence-electron chi connectivity index (χ4n) is 2.75. The first-order chi connectivity index (χ1) is 9.04. The van der Waals surface area contributed by atoms with E-state index in [9.17, 15) is 0 Å². The van der Waals surface area contributed by atoms with Crippen molar-refractivity contribution in [3.8, 4) is 0 Å². The monoisotopic (exact) mass is 281 g/mol. The average molecular weight is 282 g/mol. The van der Waals surface area contributed by atoms with E-state index < -0.39 is 0 Å². The predicted molar refractivity (Wildman–Crippen MR) is 79.2 cm³/mol.